The molecule has 4 aliphatic rings. The van der Waals surface area contributed by atoms with Gasteiger partial charge < -0.3 is 55.7 Å². The van der Waals surface area contributed by atoms with Gasteiger partial charge in [0.2, 0.25) is 11.8 Å². The van der Waals surface area contributed by atoms with Gasteiger partial charge in [0.1, 0.15) is 30.1 Å². The van der Waals surface area contributed by atoms with Gasteiger partial charge in [-0.1, -0.05) is 103 Å². The summed E-state index contributed by atoms with van der Waals surface area (Å²) in [6, 6.07) is 28.4. The minimum Gasteiger partial charge on any atom is -0.449 e. The smallest absolute Gasteiger partial charge is 0.415 e. The van der Waals surface area contributed by atoms with E-state index in [9.17, 15) is 28.8 Å². The normalized spacial score (nSPS) is 16.9. The zero-order valence-electron chi connectivity index (χ0n) is 41.6. The largest absolute Gasteiger partial charge is 0.449 e. The number of fused-ring (bicyclic) bond motifs is 9. The summed E-state index contributed by atoms with van der Waals surface area (Å²) in [5.74, 6) is -1.37. The lowest BCUT2D eigenvalue weighted by molar-refractivity contribution is -0.129. The minimum atomic E-state index is -1.04. The van der Waals surface area contributed by atoms with Crippen molar-refractivity contribution in [2.24, 2.45) is 11.7 Å². The number of carbonyl (C=O) groups excluding carboxylic acids is 6. The molecule has 10 rings (SSSR count). The molecule has 0 saturated carbocycles. The monoisotopic (exact) mass is 1070 g/mol. The Hall–Kier alpha value is -7.44. The van der Waals surface area contributed by atoms with E-state index in [0.29, 0.717) is 67.2 Å². The third-order valence-corrected chi connectivity index (χ3v) is 15.7. The van der Waals surface area contributed by atoms with Gasteiger partial charge in [0.25, 0.3) is 5.91 Å². The molecule has 0 radical (unpaired) electrons. The number of alkyl halides is 1. The van der Waals surface area contributed by atoms with E-state index in [-0.39, 0.29) is 49.1 Å². The molecule has 4 heterocycles. The topological polar surface area (TPSA) is 212 Å². The Kier molecular flexibility index (Phi) is 14.3. The zero-order valence-corrected chi connectivity index (χ0v) is 43.2. The molecular formula is C56H60BrN9O8. The summed E-state index contributed by atoms with van der Waals surface area (Å²) in [5.41, 5.74) is 13.9. The number of H-pyrrole nitrogens is 1. The number of halogens is 1. The zero-order chi connectivity index (χ0) is 51.8. The number of amides is 7. The maximum absolute atomic E-state index is 14.8. The molecule has 0 unspecified atom stereocenters. The number of nitrogens with zero attached hydrogens (tertiary/aromatic N) is 4. The molecule has 0 bridgehead atoms. The maximum Gasteiger partial charge on any atom is 0.415 e. The number of likely N-dealkylation sites (N-methyl/N-ethyl adjacent to an activating group) is 1. The first kappa shape index (κ1) is 50.1. The number of urea groups is 1. The number of anilines is 2. The van der Waals surface area contributed by atoms with Crippen LogP contribution in [-0.2, 0) is 20.7 Å². The van der Waals surface area contributed by atoms with E-state index in [2.05, 4.69) is 53.9 Å². The molecule has 1 aromatic heterocycles. The number of aromatic nitrogens is 1. The van der Waals surface area contributed by atoms with Crippen LogP contribution in [0.4, 0.5) is 25.8 Å². The van der Waals surface area contributed by atoms with Crippen LogP contribution in [0.1, 0.15) is 71.3 Å². The second kappa shape index (κ2) is 21.2. The number of primary amides is 1. The molecule has 1 fully saturated rings. The number of nitrogens with one attached hydrogen (secondary N) is 4. The van der Waals surface area contributed by atoms with E-state index in [1.54, 1.807) is 28.5 Å². The lowest BCUT2D eigenvalue weighted by Crippen LogP contribution is -2.56. The van der Waals surface area contributed by atoms with Gasteiger partial charge in [-0.05, 0) is 89.2 Å². The van der Waals surface area contributed by atoms with Crippen LogP contribution < -0.4 is 36.2 Å². The molecule has 74 heavy (non-hydrogen) atoms. The van der Waals surface area contributed by atoms with Gasteiger partial charge in [0.15, 0.2) is 0 Å². The number of rotatable bonds is 14. The van der Waals surface area contributed by atoms with Crippen LogP contribution in [0, 0.1) is 5.92 Å². The Bertz CT molecular complexity index is 3140. The number of nitrogens with two attached hydrogens (primary N) is 1. The highest BCUT2D eigenvalue weighted by molar-refractivity contribution is 9.09. The Labute approximate surface area is 437 Å². The second-order valence-electron chi connectivity index (χ2n) is 19.9. The molecule has 5 aromatic carbocycles. The predicted molar refractivity (Wildman–Crippen MR) is 287 cm³/mol. The predicted octanol–water partition coefficient (Wildman–Crippen LogP) is 7.59. The number of aromatic amines is 1. The van der Waals surface area contributed by atoms with E-state index < -0.39 is 36.2 Å². The van der Waals surface area contributed by atoms with Crippen LogP contribution in [0.15, 0.2) is 97.1 Å². The first-order valence-corrected chi connectivity index (χ1v) is 26.4. The number of hydrogen-bond donors (Lipinski definition) is 5. The van der Waals surface area contributed by atoms with Crippen molar-refractivity contribution in [2.75, 3.05) is 74.6 Å². The van der Waals surface area contributed by atoms with Crippen LogP contribution in [0.25, 0.3) is 32.8 Å². The van der Waals surface area contributed by atoms with Crippen molar-refractivity contribution in [3.05, 3.63) is 125 Å². The summed E-state index contributed by atoms with van der Waals surface area (Å²) in [6.07, 6.45) is -0.215. The van der Waals surface area contributed by atoms with Crippen molar-refractivity contribution in [3.63, 3.8) is 0 Å². The summed E-state index contributed by atoms with van der Waals surface area (Å²) in [4.78, 5) is 92.8. The average molecular weight is 1070 g/mol. The average Bonchev–Trinajstić information content (AvgIpc) is 4.20. The number of carbonyl (C=O) groups is 6. The molecule has 18 heteroatoms. The van der Waals surface area contributed by atoms with Crippen molar-refractivity contribution < 1.29 is 38.2 Å². The molecule has 1 aliphatic carbocycles. The molecule has 7 amide bonds. The molecule has 6 aromatic rings. The van der Waals surface area contributed by atoms with Gasteiger partial charge in [-0.3, -0.25) is 14.4 Å². The number of benzene rings is 5. The molecule has 6 N–H and O–H groups in total. The van der Waals surface area contributed by atoms with Crippen LogP contribution in [0.5, 0.6) is 5.75 Å². The molecule has 3 atom stereocenters. The fourth-order valence-corrected chi connectivity index (χ4v) is 11.6. The minimum absolute atomic E-state index is 0.0334. The summed E-state index contributed by atoms with van der Waals surface area (Å²) >= 11 is 3.71. The molecule has 3 aliphatic heterocycles. The highest BCUT2D eigenvalue weighted by Gasteiger charge is 2.39. The van der Waals surface area contributed by atoms with Gasteiger partial charge >= 0.3 is 18.2 Å². The van der Waals surface area contributed by atoms with Crippen LogP contribution in [-0.4, -0.2) is 128 Å². The molecule has 1 saturated heterocycles. The quantitative estimate of drug-likeness (QED) is 0.0537. The third-order valence-electron chi connectivity index (χ3n) is 14.9. The molecular weight excluding hydrogens is 1010 g/mol. The maximum atomic E-state index is 14.8. The van der Waals surface area contributed by atoms with Crippen LogP contribution in [0.3, 0.4) is 0 Å². The number of hydrogen-bond acceptors (Lipinski definition) is 9. The Morgan fingerprint density at radius 1 is 0.797 bits per heavy atom. The van der Waals surface area contributed by atoms with Crippen LogP contribution >= 0.6 is 15.9 Å². The Morgan fingerprint density at radius 2 is 1.49 bits per heavy atom. The van der Waals surface area contributed by atoms with Crippen molar-refractivity contribution in [2.45, 2.75) is 57.0 Å². The second-order valence-corrected chi connectivity index (χ2v) is 20.6. The standard InChI is InChI=1S/C56H60BrN9O8/c1-32(2)50(62-55(71)73-31-42-36-13-6-4-11-34(36)35-12-5-7-14-37(35)42)51(67)61-44(17-10-21-59-54(58)70)52(68)65-22-20-38-41-27-45(60-43(41)18-19-46(38)65)53(69)66-30-33(29-57)49-40-16-9-8-15-39(40)48(28-47(49)66)74-56(72)64-25-23-63(3)24-26-64/h4-9,11-16,18-19,27-28,32-33,42,44,50,60H,10,17,20-26,29-31H2,1-3H3,(H,61,67)(H,62,71)(H3,58,59,70)/t33-,44+,50-/m1/s1. The van der Waals surface area contributed by atoms with Gasteiger partial charge in [-0.25, -0.2) is 14.4 Å². The summed E-state index contributed by atoms with van der Waals surface area (Å²) in [7, 11) is 2.03. The highest BCUT2D eigenvalue weighted by atomic mass is 79.9. The Balaban J connectivity index is 0.861. The molecule has 0 spiro atoms. The van der Waals surface area contributed by atoms with E-state index in [4.69, 9.17) is 15.2 Å². The fourth-order valence-electron chi connectivity index (χ4n) is 11.1. The van der Waals surface area contributed by atoms with E-state index in [1.807, 2.05) is 92.0 Å². The van der Waals surface area contributed by atoms with Gasteiger partial charge in [0, 0.05) is 91.0 Å². The lowest BCUT2D eigenvalue weighted by Gasteiger charge is -2.31. The Morgan fingerprint density at radius 3 is 2.18 bits per heavy atom. The van der Waals surface area contributed by atoms with Crippen molar-refractivity contribution >= 4 is 84.9 Å². The molecule has 17 nitrogen and oxygen atoms in total. The fraction of sp³-hybridized carbons (Fsp3) is 0.357. The lowest BCUT2D eigenvalue weighted by atomic mass is 9.95. The summed E-state index contributed by atoms with van der Waals surface area (Å²) in [5, 5.41) is 11.4. The van der Waals surface area contributed by atoms with Gasteiger partial charge in [0.05, 0.1) is 5.69 Å². The van der Waals surface area contributed by atoms with Crippen LogP contribution in [0.2, 0.25) is 0 Å². The SMILES string of the molecule is CC(C)[C@@H](NC(=O)OCC1c2ccccc2-c2ccccc21)C(=O)N[C@@H](CCCNC(N)=O)C(=O)N1CCc2c1ccc1[nH]c(C(=O)N3C[C@@H](CBr)c4c3cc(OC(=O)N3CCN(C)CC3)c3ccccc43)cc21. The first-order chi connectivity index (χ1) is 35.8. The summed E-state index contributed by atoms with van der Waals surface area (Å²) < 4.78 is 11.9. The third kappa shape index (κ3) is 9.75. The van der Waals surface area contributed by atoms with E-state index in [1.165, 1.54) is 0 Å². The number of piperazine rings is 1. The van der Waals surface area contributed by atoms with Crippen molar-refractivity contribution in [3.8, 4) is 16.9 Å². The molecule has 384 valence electrons. The van der Waals surface area contributed by atoms with Gasteiger partial charge in [-0.2, -0.15) is 0 Å². The van der Waals surface area contributed by atoms with E-state index in [0.717, 1.165) is 68.1 Å². The van der Waals surface area contributed by atoms with Gasteiger partial charge in [-0.15, -0.1) is 0 Å². The van der Waals surface area contributed by atoms with E-state index >= 15 is 0 Å². The van der Waals surface area contributed by atoms with Crippen molar-refractivity contribution in [1.29, 1.82) is 0 Å². The number of alkyl carbamates (subject to hydrolysis) is 1. The van der Waals surface area contributed by atoms with Crippen molar-refractivity contribution in [1.82, 2.24) is 30.7 Å². The number of ether oxygens (including phenoxy) is 2. The summed E-state index contributed by atoms with van der Waals surface area (Å²) in [6.45, 7) is 7.17. The highest BCUT2D eigenvalue weighted by Crippen LogP contribution is 2.47. The first-order valence-electron chi connectivity index (χ1n) is 25.3.